The van der Waals surface area contributed by atoms with Crippen molar-refractivity contribution in [3.8, 4) is 0 Å². The van der Waals surface area contributed by atoms with E-state index in [2.05, 4.69) is 10.6 Å². The molecule has 0 aromatic heterocycles. The van der Waals surface area contributed by atoms with Gasteiger partial charge in [0.15, 0.2) is 6.61 Å². The molecule has 0 saturated carbocycles. The van der Waals surface area contributed by atoms with Crippen LogP contribution < -0.4 is 15.5 Å². The number of anilines is 2. The lowest BCUT2D eigenvalue weighted by molar-refractivity contribution is -0.147. The molecule has 1 atom stereocenters. The molecule has 0 unspecified atom stereocenters. The first-order valence-corrected chi connectivity index (χ1v) is 12.6. The number of hydrogen-bond donors (Lipinski definition) is 2. The molecule has 0 aliphatic carbocycles. The number of halogens is 3. The van der Waals surface area contributed by atoms with Crippen LogP contribution in [0.5, 0.6) is 0 Å². The number of nitrogens with zero attached hydrogens (tertiary/aromatic N) is 1. The zero-order valence-electron chi connectivity index (χ0n) is 21.4. The number of esters is 1. The summed E-state index contributed by atoms with van der Waals surface area (Å²) in [6, 6.07) is 19.7. The molecule has 2 amide bonds. The maximum atomic E-state index is 13.3. The monoisotopic (exact) mass is 555 g/mol. The second kappa shape index (κ2) is 13.1. The van der Waals surface area contributed by atoms with Gasteiger partial charge < -0.3 is 25.0 Å². The molecule has 0 radical (unpaired) electrons. The van der Waals surface area contributed by atoms with E-state index in [4.69, 9.17) is 9.47 Å². The summed E-state index contributed by atoms with van der Waals surface area (Å²) < 4.78 is 50.5. The van der Waals surface area contributed by atoms with Crippen molar-refractivity contribution < 1.29 is 37.0 Å². The van der Waals surface area contributed by atoms with Crippen LogP contribution in [0.15, 0.2) is 78.9 Å². The fourth-order valence-corrected chi connectivity index (χ4v) is 4.22. The summed E-state index contributed by atoms with van der Waals surface area (Å²) in [7, 11) is 0. The molecule has 1 heterocycles. The first-order chi connectivity index (χ1) is 19.2. The number of nitrogens with one attached hydrogen (secondary N) is 2. The summed E-state index contributed by atoms with van der Waals surface area (Å²) in [5, 5.41) is 5.26. The van der Waals surface area contributed by atoms with Crippen LogP contribution in [0.1, 0.15) is 33.9 Å². The Morgan fingerprint density at radius 1 is 0.925 bits per heavy atom. The minimum atomic E-state index is -4.61. The van der Waals surface area contributed by atoms with E-state index in [1.54, 1.807) is 60.7 Å². The first-order valence-electron chi connectivity index (χ1n) is 12.6. The Morgan fingerprint density at radius 2 is 1.57 bits per heavy atom. The van der Waals surface area contributed by atoms with Crippen molar-refractivity contribution in [2.24, 2.45) is 0 Å². The molecule has 2 N–H and O–H groups in total. The summed E-state index contributed by atoms with van der Waals surface area (Å²) in [6.07, 6.45) is -4.87. The van der Waals surface area contributed by atoms with Crippen molar-refractivity contribution in [1.29, 1.82) is 0 Å². The summed E-state index contributed by atoms with van der Waals surface area (Å²) in [5.41, 5.74) is 0.510. The number of amides is 2. The van der Waals surface area contributed by atoms with E-state index in [0.29, 0.717) is 43.1 Å². The maximum Gasteiger partial charge on any atom is 0.416 e. The van der Waals surface area contributed by atoms with Gasteiger partial charge in [-0.25, -0.2) is 0 Å². The molecule has 0 bridgehead atoms. The van der Waals surface area contributed by atoms with Crippen molar-refractivity contribution in [2.75, 3.05) is 43.1 Å². The number of ether oxygens (including phenoxy) is 2. The zero-order chi connectivity index (χ0) is 28.5. The third kappa shape index (κ3) is 7.82. The van der Waals surface area contributed by atoms with Gasteiger partial charge in [0.1, 0.15) is 0 Å². The fraction of sp³-hybridized carbons (Fsp3) is 0.276. The van der Waals surface area contributed by atoms with E-state index in [0.717, 1.165) is 12.1 Å². The van der Waals surface area contributed by atoms with Gasteiger partial charge in [0.05, 0.1) is 42.6 Å². The highest BCUT2D eigenvalue weighted by Gasteiger charge is 2.32. The van der Waals surface area contributed by atoms with E-state index >= 15 is 0 Å². The summed E-state index contributed by atoms with van der Waals surface area (Å²) in [6.45, 7) is 0.966. The number of rotatable bonds is 9. The molecule has 1 saturated heterocycles. The van der Waals surface area contributed by atoms with Crippen LogP contribution in [0.3, 0.4) is 0 Å². The average molecular weight is 556 g/mol. The molecule has 1 fully saturated rings. The second-order valence-electron chi connectivity index (χ2n) is 9.04. The van der Waals surface area contributed by atoms with Crippen LogP contribution in [-0.2, 0) is 25.2 Å². The Bertz CT molecular complexity index is 1310. The number of hydrogen-bond acceptors (Lipinski definition) is 6. The minimum Gasteiger partial charge on any atom is -0.455 e. The molecular weight excluding hydrogens is 527 g/mol. The molecule has 3 aromatic rings. The van der Waals surface area contributed by atoms with E-state index < -0.39 is 36.3 Å². The number of morpholine rings is 1. The third-order valence-corrected chi connectivity index (χ3v) is 6.23. The van der Waals surface area contributed by atoms with Crippen LogP contribution in [0.2, 0.25) is 0 Å². The SMILES string of the molecule is O=C(COC(=O)C[C@H](NC(=O)c1ccccc1)c1ccccc1)Nc1cc(C(F)(F)F)ccc1N1CCOCC1. The van der Waals surface area contributed by atoms with Crippen LogP contribution >= 0.6 is 0 Å². The summed E-state index contributed by atoms with van der Waals surface area (Å²) >= 11 is 0. The maximum absolute atomic E-state index is 13.3. The Labute approximate surface area is 229 Å². The third-order valence-electron chi connectivity index (χ3n) is 6.23. The van der Waals surface area contributed by atoms with Gasteiger partial charge in [-0.3, -0.25) is 14.4 Å². The Kier molecular flexibility index (Phi) is 9.39. The van der Waals surface area contributed by atoms with Gasteiger partial charge in [-0.1, -0.05) is 48.5 Å². The van der Waals surface area contributed by atoms with Crippen molar-refractivity contribution in [3.63, 3.8) is 0 Å². The van der Waals surface area contributed by atoms with Crippen molar-refractivity contribution in [2.45, 2.75) is 18.6 Å². The van der Waals surface area contributed by atoms with Crippen molar-refractivity contribution in [3.05, 3.63) is 95.6 Å². The molecule has 40 heavy (non-hydrogen) atoms. The predicted molar refractivity (Wildman–Crippen MR) is 142 cm³/mol. The highest BCUT2D eigenvalue weighted by atomic mass is 19.4. The van der Waals surface area contributed by atoms with E-state index in [-0.39, 0.29) is 18.0 Å². The van der Waals surface area contributed by atoms with E-state index in [1.807, 2.05) is 4.90 Å². The molecule has 4 rings (SSSR count). The van der Waals surface area contributed by atoms with Gasteiger partial charge in [-0.2, -0.15) is 13.2 Å². The highest BCUT2D eigenvalue weighted by Crippen LogP contribution is 2.35. The number of benzene rings is 3. The van der Waals surface area contributed by atoms with Crippen LogP contribution in [0.4, 0.5) is 24.5 Å². The molecule has 1 aliphatic heterocycles. The lowest BCUT2D eigenvalue weighted by Gasteiger charge is -2.31. The summed E-state index contributed by atoms with van der Waals surface area (Å²) in [4.78, 5) is 39.9. The topological polar surface area (TPSA) is 97.0 Å². The first kappa shape index (κ1) is 28.6. The second-order valence-corrected chi connectivity index (χ2v) is 9.04. The lowest BCUT2D eigenvalue weighted by Crippen LogP contribution is -2.37. The fourth-order valence-electron chi connectivity index (χ4n) is 4.22. The molecule has 1 aliphatic rings. The van der Waals surface area contributed by atoms with Gasteiger partial charge in [-0.15, -0.1) is 0 Å². The minimum absolute atomic E-state index is 0.0462. The molecule has 8 nitrogen and oxygen atoms in total. The zero-order valence-corrected chi connectivity index (χ0v) is 21.4. The Hall–Kier alpha value is -4.38. The van der Waals surface area contributed by atoms with Gasteiger partial charge in [0, 0.05) is 18.7 Å². The lowest BCUT2D eigenvalue weighted by atomic mass is 10.0. The number of alkyl halides is 3. The molecular formula is C29H28F3N3O5. The Balaban J connectivity index is 1.41. The molecule has 0 spiro atoms. The van der Waals surface area contributed by atoms with Crippen LogP contribution in [-0.4, -0.2) is 50.7 Å². The molecule has 11 heteroatoms. The predicted octanol–water partition coefficient (Wildman–Crippen LogP) is 4.59. The Morgan fingerprint density at radius 3 is 2.23 bits per heavy atom. The molecule has 210 valence electrons. The number of carbonyl (C=O) groups is 3. The van der Waals surface area contributed by atoms with Crippen molar-refractivity contribution >= 4 is 29.2 Å². The molecule has 3 aromatic carbocycles. The van der Waals surface area contributed by atoms with Crippen molar-refractivity contribution in [1.82, 2.24) is 5.32 Å². The van der Waals surface area contributed by atoms with Gasteiger partial charge >= 0.3 is 12.1 Å². The normalized spacial score (nSPS) is 14.2. The smallest absolute Gasteiger partial charge is 0.416 e. The van der Waals surface area contributed by atoms with Gasteiger partial charge in [0.25, 0.3) is 11.8 Å². The van der Waals surface area contributed by atoms with Crippen LogP contribution in [0.25, 0.3) is 0 Å². The standard InChI is InChI=1S/C29H28F3N3O5/c30-29(31,32)22-11-12-25(35-13-15-39-16-14-35)24(17-22)33-26(36)19-40-27(37)18-23(20-7-3-1-4-8-20)34-28(38)21-9-5-2-6-10-21/h1-12,17,23H,13-16,18-19H2,(H,33,36)(H,34,38)/t23-/m0/s1. The van der Waals surface area contributed by atoms with Gasteiger partial charge in [0.2, 0.25) is 0 Å². The van der Waals surface area contributed by atoms with E-state index in [9.17, 15) is 27.6 Å². The van der Waals surface area contributed by atoms with E-state index in [1.165, 1.54) is 6.07 Å². The largest absolute Gasteiger partial charge is 0.455 e. The average Bonchev–Trinajstić information content (AvgIpc) is 2.96. The summed E-state index contributed by atoms with van der Waals surface area (Å²) in [5.74, 6) is -1.96. The number of carbonyl (C=O) groups excluding carboxylic acids is 3. The highest BCUT2D eigenvalue weighted by molar-refractivity contribution is 5.96. The van der Waals surface area contributed by atoms with Crippen LogP contribution in [0, 0.1) is 0 Å². The van der Waals surface area contributed by atoms with Gasteiger partial charge in [-0.05, 0) is 35.9 Å². The quantitative estimate of drug-likeness (QED) is 0.375.